The number of halogens is 4. The SMILES string of the molecule is CC(C)(C)OCCOc1c(F)c(F)nc(F)c1F. The molecule has 7 heteroatoms. The zero-order valence-electron chi connectivity index (χ0n) is 10.2. The van der Waals surface area contributed by atoms with Crippen molar-refractivity contribution >= 4 is 0 Å². The van der Waals surface area contributed by atoms with Gasteiger partial charge < -0.3 is 9.47 Å². The molecule has 1 rings (SSSR count). The van der Waals surface area contributed by atoms with Gasteiger partial charge in [0.05, 0.1) is 12.2 Å². The fourth-order valence-electron chi connectivity index (χ4n) is 1.09. The molecule has 3 nitrogen and oxygen atoms in total. The molecule has 0 unspecified atom stereocenters. The van der Waals surface area contributed by atoms with Crippen molar-refractivity contribution in [3.8, 4) is 5.75 Å². The van der Waals surface area contributed by atoms with E-state index in [1.54, 1.807) is 20.8 Å². The minimum Gasteiger partial charge on any atom is -0.485 e. The molecule has 0 aliphatic rings. The Bertz CT molecular complexity index is 406. The van der Waals surface area contributed by atoms with Crippen LogP contribution in [0.3, 0.4) is 0 Å². The van der Waals surface area contributed by atoms with E-state index in [1.165, 1.54) is 0 Å². The largest absolute Gasteiger partial charge is 0.485 e. The van der Waals surface area contributed by atoms with E-state index in [0.29, 0.717) is 0 Å². The third kappa shape index (κ3) is 3.83. The highest BCUT2D eigenvalue weighted by Crippen LogP contribution is 2.24. The number of pyridine rings is 1. The van der Waals surface area contributed by atoms with E-state index in [2.05, 4.69) is 9.72 Å². The second-order valence-corrected chi connectivity index (χ2v) is 4.46. The molecule has 0 N–H and O–H groups in total. The van der Waals surface area contributed by atoms with Gasteiger partial charge in [-0.05, 0) is 20.8 Å². The Kier molecular flexibility index (Phi) is 4.50. The molecule has 102 valence electrons. The van der Waals surface area contributed by atoms with Crippen LogP contribution in [0.1, 0.15) is 20.8 Å². The molecule has 0 radical (unpaired) electrons. The van der Waals surface area contributed by atoms with Crippen LogP contribution in [0.15, 0.2) is 0 Å². The van der Waals surface area contributed by atoms with Crippen molar-refractivity contribution < 1.29 is 27.0 Å². The number of nitrogens with zero attached hydrogens (tertiary/aromatic N) is 1. The van der Waals surface area contributed by atoms with Crippen LogP contribution in [0.2, 0.25) is 0 Å². The van der Waals surface area contributed by atoms with Crippen LogP contribution in [0.4, 0.5) is 17.6 Å². The van der Waals surface area contributed by atoms with E-state index in [9.17, 15) is 17.6 Å². The number of hydrogen-bond acceptors (Lipinski definition) is 3. The smallest absolute Gasteiger partial charge is 0.255 e. The summed E-state index contributed by atoms with van der Waals surface area (Å²) in [7, 11) is 0. The van der Waals surface area contributed by atoms with Gasteiger partial charge in [-0.2, -0.15) is 22.5 Å². The zero-order valence-corrected chi connectivity index (χ0v) is 10.2. The van der Waals surface area contributed by atoms with Crippen LogP contribution in [0.5, 0.6) is 5.75 Å². The Morgan fingerprint density at radius 2 is 1.44 bits per heavy atom. The molecule has 0 spiro atoms. The van der Waals surface area contributed by atoms with Crippen molar-refractivity contribution in [3.63, 3.8) is 0 Å². The van der Waals surface area contributed by atoms with Crippen LogP contribution in [-0.4, -0.2) is 23.8 Å². The van der Waals surface area contributed by atoms with E-state index < -0.39 is 34.9 Å². The summed E-state index contributed by atoms with van der Waals surface area (Å²) in [5.74, 6) is -7.95. The first-order chi connectivity index (χ1) is 8.22. The van der Waals surface area contributed by atoms with Crippen molar-refractivity contribution in [2.75, 3.05) is 13.2 Å². The summed E-state index contributed by atoms with van der Waals surface area (Å²) >= 11 is 0. The number of aromatic nitrogens is 1. The van der Waals surface area contributed by atoms with Gasteiger partial charge in [0.15, 0.2) is 0 Å². The first-order valence-electron chi connectivity index (χ1n) is 5.19. The minimum atomic E-state index is -1.75. The number of ether oxygens (including phenoxy) is 2. The van der Waals surface area contributed by atoms with Crippen LogP contribution in [0, 0.1) is 23.5 Å². The van der Waals surface area contributed by atoms with E-state index in [-0.39, 0.29) is 13.2 Å². The Morgan fingerprint density at radius 1 is 0.944 bits per heavy atom. The summed E-state index contributed by atoms with van der Waals surface area (Å²) < 4.78 is 61.5. The lowest BCUT2D eigenvalue weighted by atomic mass is 10.2. The molecule has 18 heavy (non-hydrogen) atoms. The van der Waals surface area contributed by atoms with E-state index in [4.69, 9.17) is 4.74 Å². The topological polar surface area (TPSA) is 31.4 Å². The van der Waals surface area contributed by atoms with Crippen molar-refractivity contribution in [2.45, 2.75) is 26.4 Å². The van der Waals surface area contributed by atoms with Crippen LogP contribution in [0.25, 0.3) is 0 Å². The third-order valence-corrected chi connectivity index (χ3v) is 1.82. The standard InChI is InChI=1S/C11H13F4NO2/c1-11(2,3)18-5-4-17-8-6(12)9(14)16-10(15)7(8)13/h4-5H2,1-3H3. The Labute approximate surface area is 102 Å². The van der Waals surface area contributed by atoms with E-state index in [0.717, 1.165) is 0 Å². The van der Waals surface area contributed by atoms with Crippen molar-refractivity contribution in [3.05, 3.63) is 23.5 Å². The highest BCUT2D eigenvalue weighted by atomic mass is 19.2. The normalized spacial score (nSPS) is 11.7. The maximum absolute atomic E-state index is 13.1. The number of hydrogen-bond donors (Lipinski definition) is 0. The van der Waals surface area contributed by atoms with Gasteiger partial charge in [-0.3, -0.25) is 0 Å². The second kappa shape index (κ2) is 5.51. The van der Waals surface area contributed by atoms with E-state index in [1.807, 2.05) is 0 Å². The lowest BCUT2D eigenvalue weighted by Gasteiger charge is -2.19. The monoisotopic (exact) mass is 267 g/mol. The van der Waals surface area contributed by atoms with Crippen molar-refractivity contribution in [1.82, 2.24) is 4.98 Å². The summed E-state index contributed by atoms with van der Waals surface area (Å²) in [5.41, 5.74) is -0.449. The number of rotatable bonds is 4. The molecule has 0 aliphatic carbocycles. The summed E-state index contributed by atoms with van der Waals surface area (Å²) in [6, 6.07) is 0. The molecule has 1 aromatic rings. The summed E-state index contributed by atoms with van der Waals surface area (Å²) in [6.07, 6.45) is 0. The Balaban J connectivity index is 2.68. The Morgan fingerprint density at radius 3 is 1.89 bits per heavy atom. The van der Waals surface area contributed by atoms with Gasteiger partial charge >= 0.3 is 0 Å². The summed E-state index contributed by atoms with van der Waals surface area (Å²) in [5, 5.41) is 0. The molecule has 0 saturated carbocycles. The maximum atomic E-state index is 13.1. The van der Waals surface area contributed by atoms with Gasteiger partial charge in [0.1, 0.15) is 6.61 Å². The lowest BCUT2D eigenvalue weighted by molar-refractivity contribution is -0.0173. The molecule has 0 fully saturated rings. The average molecular weight is 267 g/mol. The second-order valence-electron chi connectivity index (χ2n) is 4.46. The van der Waals surface area contributed by atoms with Gasteiger partial charge in [0.25, 0.3) is 11.9 Å². The quantitative estimate of drug-likeness (QED) is 0.477. The molecule has 0 saturated heterocycles. The molecule has 1 aromatic heterocycles. The predicted octanol–water partition coefficient (Wildman–Crippen LogP) is 2.83. The highest BCUT2D eigenvalue weighted by Gasteiger charge is 2.22. The molecule has 1 heterocycles. The molecule has 0 aliphatic heterocycles. The Hall–Kier alpha value is -1.37. The molecule has 0 aromatic carbocycles. The third-order valence-electron chi connectivity index (χ3n) is 1.82. The molecule has 0 atom stereocenters. The lowest BCUT2D eigenvalue weighted by Crippen LogP contribution is -2.23. The van der Waals surface area contributed by atoms with Gasteiger partial charge in [-0.15, -0.1) is 0 Å². The molecular formula is C11H13F4NO2. The summed E-state index contributed by atoms with van der Waals surface area (Å²) in [4.78, 5) is 2.41. The highest BCUT2D eigenvalue weighted by molar-refractivity contribution is 5.24. The van der Waals surface area contributed by atoms with Gasteiger partial charge in [0.2, 0.25) is 17.4 Å². The fourth-order valence-corrected chi connectivity index (χ4v) is 1.09. The summed E-state index contributed by atoms with van der Waals surface area (Å²) in [6.45, 7) is 5.11. The molecular weight excluding hydrogens is 254 g/mol. The minimum absolute atomic E-state index is 0.0218. The average Bonchev–Trinajstić information content (AvgIpc) is 2.24. The van der Waals surface area contributed by atoms with Crippen molar-refractivity contribution in [1.29, 1.82) is 0 Å². The predicted molar refractivity (Wildman–Crippen MR) is 55.3 cm³/mol. The molecule has 0 bridgehead atoms. The molecule has 0 amide bonds. The van der Waals surface area contributed by atoms with Gasteiger partial charge in [-0.1, -0.05) is 0 Å². The van der Waals surface area contributed by atoms with Crippen LogP contribution >= 0.6 is 0 Å². The van der Waals surface area contributed by atoms with Crippen LogP contribution < -0.4 is 4.74 Å². The fraction of sp³-hybridized carbons (Fsp3) is 0.545. The zero-order chi connectivity index (χ0) is 13.9. The maximum Gasteiger partial charge on any atom is 0.255 e. The van der Waals surface area contributed by atoms with E-state index >= 15 is 0 Å². The first kappa shape index (κ1) is 14.7. The van der Waals surface area contributed by atoms with Gasteiger partial charge in [-0.25, -0.2) is 0 Å². The van der Waals surface area contributed by atoms with Gasteiger partial charge in [0, 0.05) is 0 Å². The van der Waals surface area contributed by atoms with Crippen LogP contribution in [-0.2, 0) is 4.74 Å². The van der Waals surface area contributed by atoms with Crippen molar-refractivity contribution in [2.24, 2.45) is 0 Å². The first-order valence-corrected chi connectivity index (χ1v) is 5.19.